The number of methoxy groups -OCH3 is 1. The summed E-state index contributed by atoms with van der Waals surface area (Å²) in [5.41, 5.74) is 2.90. The van der Waals surface area contributed by atoms with E-state index >= 15 is 0 Å². The predicted molar refractivity (Wildman–Crippen MR) is 107 cm³/mol. The molecule has 0 saturated heterocycles. The molecule has 0 spiro atoms. The lowest BCUT2D eigenvalue weighted by molar-refractivity contribution is 0.0949. The zero-order valence-electron chi connectivity index (χ0n) is 15.8. The van der Waals surface area contributed by atoms with Crippen LogP contribution in [0.2, 0.25) is 0 Å². The molecule has 0 aliphatic carbocycles. The standard InChI is InChI=1S/C22H19FN4O2/c1-29-18-10-6-16(7-11-18)22(28)25-13-20-26-19-3-2-12-24-21(19)27(20)14-15-4-8-17(23)9-5-15/h2-12H,13-14H2,1H3,(H,25,28). The number of carbonyl (C=O) groups excluding carboxylic acids is 1. The largest absolute Gasteiger partial charge is 0.497 e. The number of halogens is 1. The van der Waals surface area contributed by atoms with Crippen LogP contribution in [0, 0.1) is 5.82 Å². The summed E-state index contributed by atoms with van der Waals surface area (Å²) in [6, 6.07) is 16.9. The number of nitrogens with zero attached hydrogens (tertiary/aromatic N) is 3. The molecule has 0 atom stereocenters. The summed E-state index contributed by atoms with van der Waals surface area (Å²) in [5, 5.41) is 2.90. The van der Waals surface area contributed by atoms with Crippen molar-refractivity contribution in [3.8, 4) is 5.75 Å². The summed E-state index contributed by atoms with van der Waals surface area (Å²) in [6.45, 7) is 0.712. The number of nitrogens with one attached hydrogen (secondary N) is 1. The zero-order valence-corrected chi connectivity index (χ0v) is 15.8. The van der Waals surface area contributed by atoms with Crippen LogP contribution in [0.1, 0.15) is 21.7 Å². The highest BCUT2D eigenvalue weighted by molar-refractivity contribution is 5.94. The molecule has 2 heterocycles. The van der Waals surface area contributed by atoms with Crippen molar-refractivity contribution in [2.45, 2.75) is 13.1 Å². The van der Waals surface area contributed by atoms with Gasteiger partial charge in [0, 0.05) is 11.8 Å². The van der Waals surface area contributed by atoms with E-state index in [1.165, 1.54) is 12.1 Å². The van der Waals surface area contributed by atoms with Crippen LogP contribution in [0.4, 0.5) is 4.39 Å². The second-order valence-electron chi connectivity index (χ2n) is 6.50. The predicted octanol–water partition coefficient (Wildman–Crippen LogP) is 3.56. The fraction of sp³-hybridized carbons (Fsp3) is 0.136. The molecule has 0 unspecified atom stereocenters. The van der Waals surface area contributed by atoms with Gasteiger partial charge in [-0.3, -0.25) is 4.79 Å². The van der Waals surface area contributed by atoms with E-state index in [9.17, 15) is 9.18 Å². The van der Waals surface area contributed by atoms with Crippen molar-refractivity contribution in [2.75, 3.05) is 7.11 Å². The second-order valence-corrected chi connectivity index (χ2v) is 6.50. The Kier molecular flexibility index (Phi) is 5.20. The van der Waals surface area contributed by atoms with E-state index in [-0.39, 0.29) is 18.3 Å². The Labute approximate surface area is 167 Å². The molecule has 146 valence electrons. The number of hydrogen-bond acceptors (Lipinski definition) is 4. The van der Waals surface area contributed by atoms with Crippen molar-refractivity contribution < 1.29 is 13.9 Å². The number of benzene rings is 2. The highest BCUT2D eigenvalue weighted by Crippen LogP contribution is 2.17. The highest BCUT2D eigenvalue weighted by atomic mass is 19.1. The number of amides is 1. The summed E-state index contributed by atoms with van der Waals surface area (Å²) < 4.78 is 20.3. The Morgan fingerprint density at radius 2 is 1.86 bits per heavy atom. The number of hydrogen-bond donors (Lipinski definition) is 1. The van der Waals surface area contributed by atoms with E-state index < -0.39 is 0 Å². The van der Waals surface area contributed by atoms with Crippen LogP contribution >= 0.6 is 0 Å². The first-order valence-corrected chi connectivity index (χ1v) is 9.11. The van der Waals surface area contributed by atoms with Crippen molar-refractivity contribution in [3.05, 3.63) is 89.6 Å². The van der Waals surface area contributed by atoms with Crippen LogP contribution in [0.3, 0.4) is 0 Å². The number of ether oxygens (including phenoxy) is 1. The summed E-state index contributed by atoms with van der Waals surface area (Å²) >= 11 is 0. The fourth-order valence-corrected chi connectivity index (χ4v) is 3.08. The Morgan fingerprint density at radius 1 is 1.10 bits per heavy atom. The SMILES string of the molecule is COc1ccc(C(=O)NCc2nc3cccnc3n2Cc2ccc(F)cc2)cc1. The van der Waals surface area contributed by atoms with Gasteiger partial charge < -0.3 is 14.6 Å². The summed E-state index contributed by atoms with van der Waals surface area (Å²) in [6.07, 6.45) is 1.70. The molecule has 0 aliphatic heterocycles. The van der Waals surface area contributed by atoms with Gasteiger partial charge in [-0.15, -0.1) is 0 Å². The first kappa shape index (κ1) is 18.6. The van der Waals surface area contributed by atoms with E-state index in [4.69, 9.17) is 4.74 Å². The minimum atomic E-state index is -0.283. The van der Waals surface area contributed by atoms with Crippen LogP contribution in [-0.4, -0.2) is 27.6 Å². The molecule has 4 rings (SSSR count). The Hall–Kier alpha value is -3.74. The number of rotatable bonds is 6. The van der Waals surface area contributed by atoms with Gasteiger partial charge in [-0.25, -0.2) is 14.4 Å². The lowest BCUT2D eigenvalue weighted by Gasteiger charge is -2.10. The fourth-order valence-electron chi connectivity index (χ4n) is 3.08. The summed E-state index contributed by atoms with van der Waals surface area (Å²) in [5.74, 6) is 0.869. The van der Waals surface area contributed by atoms with Crippen molar-refractivity contribution >= 4 is 17.1 Å². The number of pyridine rings is 1. The van der Waals surface area contributed by atoms with Crippen LogP contribution in [-0.2, 0) is 13.1 Å². The number of aromatic nitrogens is 3. The first-order valence-electron chi connectivity index (χ1n) is 9.11. The molecular formula is C22H19FN4O2. The average molecular weight is 390 g/mol. The van der Waals surface area contributed by atoms with Crippen molar-refractivity contribution in [1.82, 2.24) is 19.9 Å². The van der Waals surface area contributed by atoms with Gasteiger partial charge in [-0.2, -0.15) is 0 Å². The molecule has 6 nitrogen and oxygen atoms in total. The normalized spacial score (nSPS) is 10.8. The van der Waals surface area contributed by atoms with Gasteiger partial charge in [0.2, 0.25) is 0 Å². The molecule has 1 amide bonds. The molecule has 7 heteroatoms. The minimum absolute atomic E-state index is 0.207. The molecule has 1 N–H and O–H groups in total. The average Bonchev–Trinajstić information content (AvgIpc) is 3.11. The lowest BCUT2D eigenvalue weighted by atomic mass is 10.2. The van der Waals surface area contributed by atoms with Gasteiger partial charge in [0.25, 0.3) is 5.91 Å². The van der Waals surface area contributed by atoms with E-state index in [1.54, 1.807) is 49.7 Å². The van der Waals surface area contributed by atoms with Crippen molar-refractivity contribution in [3.63, 3.8) is 0 Å². The molecule has 4 aromatic rings. The molecule has 2 aromatic carbocycles. The zero-order chi connectivity index (χ0) is 20.2. The van der Waals surface area contributed by atoms with Crippen molar-refractivity contribution in [2.24, 2.45) is 0 Å². The summed E-state index contributed by atoms with van der Waals surface area (Å²) in [7, 11) is 1.58. The third-order valence-electron chi connectivity index (χ3n) is 4.60. The molecular weight excluding hydrogens is 371 g/mol. The molecule has 0 aliphatic rings. The van der Waals surface area contributed by atoms with Crippen LogP contribution in [0.15, 0.2) is 66.9 Å². The number of carbonyl (C=O) groups is 1. The maximum atomic E-state index is 13.2. The van der Waals surface area contributed by atoms with Gasteiger partial charge in [-0.05, 0) is 54.1 Å². The maximum Gasteiger partial charge on any atom is 0.251 e. The first-order chi connectivity index (χ1) is 14.1. The van der Waals surface area contributed by atoms with Gasteiger partial charge in [-0.1, -0.05) is 12.1 Å². The van der Waals surface area contributed by atoms with Crippen LogP contribution in [0.25, 0.3) is 11.2 Å². The van der Waals surface area contributed by atoms with Gasteiger partial charge in [0.1, 0.15) is 22.9 Å². The number of imidazole rings is 1. The third-order valence-corrected chi connectivity index (χ3v) is 4.60. The monoisotopic (exact) mass is 390 g/mol. The molecule has 2 aromatic heterocycles. The minimum Gasteiger partial charge on any atom is -0.497 e. The Bertz CT molecular complexity index is 1140. The second kappa shape index (κ2) is 8.10. The quantitative estimate of drug-likeness (QED) is 0.547. The topological polar surface area (TPSA) is 69.0 Å². The molecule has 0 radical (unpaired) electrons. The lowest BCUT2D eigenvalue weighted by Crippen LogP contribution is -2.25. The van der Waals surface area contributed by atoms with Gasteiger partial charge in [0.15, 0.2) is 5.65 Å². The maximum absolute atomic E-state index is 13.2. The van der Waals surface area contributed by atoms with Crippen molar-refractivity contribution in [1.29, 1.82) is 0 Å². The molecule has 29 heavy (non-hydrogen) atoms. The van der Waals surface area contributed by atoms with Crippen LogP contribution < -0.4 is 10.1 Å². The summed E-state index contributed by atoms with van der Waals surface area (Å²) in [4.78, 5) is 21.5. The van der Waals surface area contributed by atoms with E-state index in [0.717, 1.165) is 11.1 Å². The molecule has 0 bridgehead atoms. The van der Waals surface area contributed by atoms with Gasteiger partial charge >= 0.3 is 0 Å². The number of fused-ring (bicyclic) bond motifs is 1. The van der Waals surface area contributed by atoms with Gasteiger partial charge in [0.05, 0.1) is 20.2 Å². The van der Waals surface area contributed by atoms with E-state index in [0.29, 0.717) is 29.3 Å². The highest BCUT2D eigenvalue weighted by Gasteiger charge is 2.14. The molecule has 0 fully saturated rings. The van der Waals surface area contributed by atoms with Crippen LogP contribution in [0.5, 0.6) is 5.75 Å². The third kappa shape index (κ3) is 4.08. The molecule has 0 saturated carbocycles. The smallest absolute Gasteiger partial charge is 0.251 e. The van der Waals surface area contributed by atoms with E-state index in [2.05, 4.69) is 15.3 Å². The van der Waals surface area contributed by atoms with E-state index in [1.807, 2.05) is 16.7 Å². The Balaban J connectivity index is 1.57. The Morgan fingerprint density at radius 3 is 2.59 bits per heavy atom.